The smallest absolute Gasteiger partial charge is 0.384 e. The van der Waals surface area contributed by atoms with E-state index in [9.17, 15) is 66.9 Å². The number of aliphatic hydroxyl groups excluding tert-OH is 2. The van der Waals surface area contributed by atoms with E-state index in [2.05, 4.69) is 44.8 Å². The van der Waals surface area contributed by atoms with Crippen molar-refractivity contribution in [3.05, 3.63) is 76.2 Å². The molecule has 4 heterocycles. The minimum atomic E-state index is -5.95. The lowest BCUT2D eigenvalue weighted by Gasteiger charge is -2.38. The molecule has 4 rings (SSSR count). The molecule has 2 fully saturated rings. The number of amides is 1. The van der Waals surface area contributed by atoms with Gasteiger partial charge in [-0.3, -0.25) is 28.2 Å². The number of phosphoric ester groups is 2. The number of rotatable bonds is 18. The van der Waals surface area contributed by atoms with E-state index in [1.165, 1.54) is 6.92 Å². The molecule has 65 heavy (non-hydrogen) atoms. The molecule has 0 bridgehead atoms. The molecule has 0 saturated carbocycles. The molecule has 4 unspecified atom stereocenters. The van der Waals surface area contributed by atoms with Crippen LogP contribution < -0.4 is 16.6 Å². The van der Waals surface area contributed by atoms with Crippen LogP contribution in [0.4, 0.5) is 13.2 Å². The number of aromatic amines is 1. The highest BCUT2D eigenvalue weighted by atomic mass is 31.3. The third kappa shape index (κ3) is 14.4. The Kier molecular flexibility index (Phi) is 17.2. The first kappa shape index (κ1) is 56.7. The fraction of sp³-hybridized carbons (Fsp3) is 0.500. The molecule has 12 atom stereocenters. The molecule has 32 nitrogen and oxygen atoms in total. The van der Waals surface area contributed by atoms with E-state index in [0.29, 0.717) is 16.8 Å². The lowest BCUT2D eigenvalue weighted by atomic mass is 9.90. The number of ether oxygens (including phenoxy) is 2. The zero-order valence-electron chi connectivity index (χ0n) is 31.8. The van der Waals surface area contributed by atoms with Crippen LogP contribution >= 0.6 is 46.9 Å². The maximum Gasteiger partial charge on any atom is 0.490 e. The Morgan fingerprint density at radius 1 is 0.800 bits per heavy atom. The summed E-state index contributed by atoms with van der Waals surface area (Å²) in [5.41, 5.74) is -6.05. The van der Waals surface area contributed by atoms with Gasteiger partial charge in [-0.25, -0.2) is 45.4 Å². The highest BCUT2D eigenvalue weighted by molar-refractivity contribution is 7.67. The van der Waals surface area contributed by atoms with Crippen molar-refractivity contribution >= 4 is 52.8 Å². The van der Waals surface area contributed by atoms with E-state index in [-0.39, 0.29) is 12.2 Å². The molecule has 1 amide bonds. The second-order valence-corrected chi connectivity index (χ2v) is 21.6. The Morgan fingerprint density at radius 3 is 1.68 bits per heavy atom. The van der Waals surface area contributed by atoms with Crippen LogP contribution in [0.2, 0.25) is 0 Å². The van der Waals surface area contributed by atoms with Crippen molar-refractivity contribution in [3.8, 4) is 0 Å². The number of H-pyrrole nitrogens is 1. The molecule has 0 radical (unpaired) electrons. The predicted molar refractivity (Wildman–Crippen MR) is 197 cm³/mol. The van der Waals surface area contributed by atoms with Crippen LogP contribution in [0.5, 0.6) is 0 Å². The largest absolute Gasteiger partial charge is 0.490 e. The van der Waals surface area contributed by atoms with E-state index in [0.717, 1.165) is 23.2 Å². The van der Waals surface area contributed by atoms with Crippen LogP contribution in [0, 0.1) is 0 Å². The third-order valence-electron chi connectivity index (χ3n) is 8.02. The summed E-state index contributed by atoms with van der Waals surface area (Å²) in [7, 11) is -34.8. The molecule has 0 aromatic carbocycles. The number of hydrogen-bond donors (Lipinski definition) is 13. The van der Waals surface area contributed by atoms with Crippen LogP contribution in [0.15, 0.2) is 64.9 Å². The highest BCUT2D eigenvalue weighted by Gasteiger charge is 2.68. The fourth-order valence-electron chi connectivity index (χ4n) is 5.40. The van der Waals surface area contributed by atoms with Gasteiger partial charge < -0.3 is 74.2 Å². The van der Waals surface area contributed by atoms with Crippen LogP contribution in [0.3, 0.4) is 0 Å². The molecule has 1 aromatic heterocycles. The molecule has 0 spiro atoms. The van der Waals surface area contributed by atoms with Crippen molar-refractivity contribution in [1.82, 2.24) is 19.8 Å². The highest BCUT2D eigenvalue weighted by Crippen LogP contribution is 2.68. The minimum absolute atomic E-state index is 0.168. The van der Waals surface area contributed by atoms with Crippen molar-refractivity contribution in [2.45, 2.75) is 61.0 Å². The SMILES string of the molecule is C=C1NC(=O)C=CN1[C@@H]1O[C@](F)(COP(=O)(O)OP(=O)(O)OP(=O)(O)O)[C@@H](O)[C@]1(O)CC.C=C=C[C@]1(F)[C@H](n2ccc(=O)[nH]c2=O)O[C@](F)(COP(=O)(O)OP(=O)(O)OP(=O)(O)O)[C@H]1O. The number of hydrogen-bond acceptors (Lipinski definition) is 21. The summed E-state index contributed by atoms with van der Waals surface area (Å²) in [5.74, 6) is -7.94. The van der Waals surface area contributed by atoms with Crippen LogP contribution in [0.1, 0.15) is 19.6 Å². The van der Waals surface area contributed by atoms with Crippen LogP contribution in [-0.4, -0.2) is 129 Å². The van der Waals surface area contributed by atoms with E-state index in [1.807, 2.05) is 5.73 Å². The Balaban J connectivity index is 0.000000345. The predicted octanol–water partition coefficient (Wildman–Crippen LogP) is -1.24. The van der Waals surface area contributed by atoms with Gasteiger partial charge in [-0.05, 0) is 6.42 Å². The van der Waals surface area contributed by atoms with E-state index < -0.39 is 125 Å². The number of aromatic nitrogens is 2. The number of nitrogens with zero attached hydrogens (tertiary/aromatic N) is 2. The second-order valence-electron chi connectivity index (χ2n) is 12.7. The first-order chi connectivity index (χ1) is 29.2. The molecule has 2 saturated heterocycles. The maximum absolute atomic E-state index is 15.5. The van der Waals surface area contributed by atoms with Gasteiger partial charge >= 0.3 is 52.6 Å². The lowest BCUT2D eigenvalue weighted by molar-refractivity contribution is -0.207. The summed E-state index contributed by atoms with van der Waals surface area (Å²) < 4.78 is 146. The number of carbonyl (C=O) groups is 1. The fourth-order valence-corrected chi connectivity index (χ4v) is 11.5. The topological polar surface area (TPSA) is 486 Å². The van der Waals surface area contributed by atoms with Gasteiger partial charge in [0.05, 0.1) is 0 Å². The number of halogens is 3. The average Bonchev–Trinajstić information content (AvgIpc) is 3.43. The van der Waals surface area contributed by atoms with Gasteiger partial charge in [-0.1, -0.05) is 20.1 Å². The summed E-state index contributed by atoms with van der Waals surface area (Å²) in [5, 5.41) is 33.6. The Labute approximate surface area is 358 Å². The molecule has 1 aromatic rings. The Morgan fingerprint density at radius 2 is 1.26 bits per heavy atom. The summed E-state index contributed by atoms with van der Waals surface area (Å²) >= 11 is 0. The second kappa shape index (κ2) is 19.8. The Bertz CT molecular complexity index is 2510. The van der Waals surface area contributed by atoms with Gasteiger partial charge in [0.2, 0.25) is 5.67 Å². The molecule has 3 aliphatic heterocycles. The number of nitrogens with one attached hydrogen (secondary N) is 2. The lowest BCUT2D eigenvalue weighted by Crippen LogP contribution is -2.56. The van der Waals surface area contributed by atoms with Crippen LogP contribution in [-0.2, 0) is 67.9 Å². The number of carbonyl (C=O) groups excluding carboxylic acids is 1. The normalized spacial score (nSPS) is 33.1. The zero-order chi connectivity index (χ0) is 50.2. The molecular formula is C24H35F3N4O28P6. The molecule has 0 aliphatic carbocycles. The number of alkyl halides is 3. The van der Waals surface area contributed by atoms with Gasteiger partial charge in [0.15, 0.2) is 18.6 Å². The molecular weight excluding hydrogens is 1040 g/mol. The van der Waals surface area contributed by atoms with E-state index in [1.54, 1.807) is 4.98 Å². The monoisotopic (exact) mass is 1070 g/mol. The van der Waals surface area contributed by atoms with Gasteiger partial charge in [-0.15, -0.1) is 5.73 Å². The quantitative estimate of drug-likeness (QED) is 0.0604. The van der Waals surface area contributed by atoms with Crippen molar-refractivity contribution in [2.24, 2.45) is 0 Å². The summed E-state index contributed by atoms with van der Waals surface area (Å²) in [4.78, 5) is 108. The van der Waals surface area contributed by atoms with E-state index >= 15 is 13.2 Å². The van der Waals surface area contributed by atoms with Gasteiger partial charge in [0.1, 0.15) is 30.7 Å². The number of aliphatic hydroxyl groups is 3. The standard InChI is InChI=1S/C12H15F2N2O14P3.C12H20FN2O14P3/c1-2-4-11(13)8(18)12(14,28-9(11)16-5-3-7(17)15-10(16)19)6-27-32(23,24)30-33(25,26)29-31(20,21)22;1-3-11(18)9(17)12(13,27-10(11)15-5-4-8(16)14-7(15)2)6-26-31(22,23)29-32(24,25)28-30(19,20)21/h3-5,8-9,18H,1,6H2,(H,23,24)(H,25,26)(H,15,17,19)(H2,20,21,22);4-5,9-10,17-18H,2-3,6H2,1H3,(H,14,16)(H,22,23)(H,24,25)(H2,19,20,21)/t8-,9+,11+,12+;9-,10+,11+,12+/m00/s1. The third-order valence-corrected chi connectivity index (χ3v) is 15.6. The molecule has 3 aliphatic rings. The zero-order valence-corrected chi connectivity index (χ0v) is 37.2. The van der Waals surface area contributed by atoms with Crippen molar-refractivity contribution in [2.75, 3.05) is 13.2 Å². The van der Waals surface area contributed by atoms with Crippen molar-refractivity contribution in [3.63, 3.8) is 0 Å². The first-order valence-electron chi connectivity index (χ1n) is 16.4. The van der Waals surface area contributed by atoms with Crippen molar-refractivity contribution < 1.29 is 136 Å². The maximum atomic E-state index is 15.5. The first-order valence-corrected chi connectivity index (χ1v) is 25.4. The van der Waals surface area contributed by atoms with Gasteiger partial charge in [0.25, 0.3) is 23.2 Å². The summed E-state index contributed by atoms with van der Waals surface area (Å²) in [6, 6.07) is 0.722. The van der Waals surface area contributed by atoms with E-state index in [4.69, 9.17) is 38.8 Å². The number of phosphoric acid groups is 6. The summed E-state index contributed by atoms with van der Waals surface area (Å²) in [6.45, 7) is 4.30. The van der Waals surface area contributed by atoms with Crippen molar-refractivity contribution in [1.29, 1.82) is 0 Å². The molecule has 13 N–H and O–H groups in total. The molecule has 41 heteroatoms. The Hall–Kier alpha value is -2.64. The van der Waals surface area contributed by atoms with Gasteiger partial charge in [0, 0.05) is 30.6 Å². The van der Waals surface area contributed by atoms with Gasteiger partial charge in [-0.2, -0.15) is 17.2 Å². The summed E-state index contributed by atoms with van der Waals surface area (Å²) in [6.07, 6.45) is -6.72. The minimum Gasteiger partial charge on any atom is -0.384 e. The van der Waals surface area contributed by atoms with Crippen LogP contribution in [0.25, 0.3) is 0 Å². The molecule has 370 valence electrons. The average molecular weight is 1070 g/mol.